The quantitative estimate of drug-likeness (QED) is 0.728. The molecule has 0 bridgehead atoms. The van der Waals surface area contributed by atoms with Crippen LogP contribution < -0.4 is 0 Å². The van der Waals surface area contributed by atoms with Crippen molar-refractivity contribution in [2.75, 3.05) is 6.54 Å². The predicted molar refractivity (Wildman–Crippen MR) is 82.5 cm³/mol. The van der Waals surface area contributed by atoms with Gasteiger partial charge in [0, 0.05) is 12.6 Å². The Morgan fingerprint density at radius 3 is 2.61 bits per heavy atom. The fourth-order valence-corrected chi connectivity index (χ4v) is 3.27. The van der Waals surface area contributed by atoms with Gasteiger partial charge in [0.25, 0.3) is 5.91 Å². The molecule has 1 aromatic heterocycles. The van der Waals surface area contributed by atoms with E-state index in [4.69, 9.17) is 0 Å². The van der Waals surface area contributed by atoms with Gasteiger partial charge in [0.1, 0.15) is 0 Å². The van der Waals surface area contributed by atoms with Crippen LogP contribution in [0.25, 0.3) is 0 Å². The third kappa shape index (κ3) is 3.82. The highest BCUT2D eigenvalue weighted by atomic mass is 79.9. The van der Waals surface area contributed by atoms with Crippen LogP contribution in [0, 0.1) is 6.92 Å². The number of halogens is 1. The van der Waals surface area contributed by atoms with E-state index in [1.54, 1.807) is 0 Å². The smallest absolute Gasteiger partial charge is 0.264 e. The van der Waals surface area contributed by atoms with Crippen molar-refractivity contribution in [3.63, 3.8) is 0 Å². The highest BCUT2D eigenvalue weighted by molar-refractivity contribution is 9.11. The minimum absolute atomic E-state index is 0.177. The normalized spacial score (nSPS) is 12.5. The average Bonchev–Trinajstić information content (AvgIpc) is 2.69. The fraction of sp³-hybridized carbons (Fsp3) is 0.643. The molecule has 1 aromatic rings. The molecule has 2 nitrogen and oxygen atoms in total. The molecule has 102 valence electrons. The van der Waals surface area contributed by atoms with Gasteiger partial charge >= 0.3 is 0 Å². The summed E-state index contributed by atoms with van der Waals surface area (Å²) < 4.78 is 1.06. The lowest BCUT2D eigenvalue weighted by Crippen LogP contribution is -2.38. The maximum absolute atomic E-state index is 12.5. The summed E-state index contributed by atoms with van der Waals surface area (Å²) >= 11 is 5.03. The monoisotopic (exact) mass is 331 g/mol. The summed E-state index contributed by atoms with van der Waals surface area (Å²) in [7, 11) is 0. The zero-order valence-electron chi connectivity index (χ0n) is 11.6. The number of nitrogens with zero attached hydrogens (tertiary/aromatic N) is 1. The SMILES string of the molecule is CCCCN(C(=O)c1cc(C)c(Br)s1)C(C)CC. The molecule has 0 aliphatic rings. The summed E-state index contributed by atoms with van der Waals surface area (Å²) in [5, 5.41) is 0. The minimum Gasteiger partial charge on any atom is -0.335 e. The first-order chi connectivity index (χ1) is 8.51. The molecule has 4 heteroatoms. The van der Waals surface area contributed by atoms with Gasteiger partial charge in [-0.1, -0.05) is 20.3 Å². The Balaban J connectivity index is 2.87. The summed E-state index contributed by atoms with van der Waals surface area (Å²) in [6.45, 7) is 9.30. The molecule has 18 heavy (non-hydrogen) atoms. The van der Waals surface area contributed by atoms with Crippen LogP contribution in [-0.2, 0) is 0 Å². The van der Waals surface area contributed by atoms with E-state index >= 15 is 0 Å². The number of thiophene rings is 1. The molecule has 1 unspecified atom stereocenters. The molecule has 1 rings (SSSR count). The van der Waals surface area contributed by atoms with Crippen molar-refractivity contribution in [2.45, 2.75) is 53.0 Å². The van der Waals surface area contributed by atoms with Gasteiger partial charge in [-0.15, -0.1) is 11.3 Å². The second-order valence-corrected chi connectivity index (χ2v) is 7.05. The van der Waals surface area contributed by atoms with E-state index in [9.17, 15) is 4.79 Å². The number of aryl methyl sites for hydroxylation is 1. The number of hydrogen-bond donors (Lipinski definition) is 0. The average molecular weight is 332 g/mol. The van der Waals surface area contributed by atoms with Gasteiger partial charge < -0.3 is 4.90 Å². The third-order valence-electron chi connectivity index (χ3n) is 3.20. The van der Waals surface area contributed by atoms with Gasteiger partial charge in [-0.2, -0.15) is 0 Å². The molecule has 0 N–H and O–H groups in total. The molecule has 0 aromatic carbocycles. The molecule has 0 saturated heterocycles. The van der Waals surface area contributed by atoms with Crippen molar-refractivity contribution in [2.24, 2.45) is 0 Å². The van der Waals surface area contributed by atoms with Crippen LogP contribution in [0.1, 0.15) is 55.3 Å². The molecule has 1 atom stereocenters. The number of unbranched alkanes of at least 4 members (excludes halogenated alkanes) is 1. The van der Waals surface area contributed by atoms with Gasteiger partial charge in [0.2, 0.25) is 0 Å². The fourth-order valence-electron chi connectivity index (χ4n) is 1.78. The zero-order valence-corrected chi connectivity index (χ0v) is 14.0. The van der Waals surface area contributed by atoms with E-state index < -0.39 is 0 Å². The van der Waals surface area contributed by atoms with E-state index in [0.29, 0.717) is 6.04 Å². The molecule has 0 saturated carbocycles. The topological polar surface area (TPSA) is 20.3 Å². The molecule has 0 aliphatic heterocycles. The first kappa shape index (κ1) is 15.7. The van der Waals surface area contributed by atoms with Crippen LogP contribution >= 0.6 is 27.3 Å². The predicted octanol–water partition coefficient (Wildman–Crippen LogP) is 4.86. The van der Waals surface area contributed by atoms with Gasteiger partial charge in [-0.25, -0.2) is 0 Å². The van der Waals surface area contributed by atoms with Crippen LogP contribution in [0.2, 0.25) is 0 Å². The first-order valence-electron chi connectivity index (χ1n) is 6.58. The lowest BCUT2D eigenvalue weighted by atomic mass is 10.2. The Labute approximate surface area is 123 Å². The summed E-state index contributed by atoms with van der Waals surface area (Å²) in [5.74, 6) is 0.177. The summed E-state index contributed by atoms with van der Waals surface area (Å²) in [6.07, 6.45) is 3.19. The van der Waals surface area contributed by atoms with E-state index in [1.165, 1.54) is 11.3 Å². The summed E-state index contributed by atoms with van der Waals surface area (Å²) in [4.78, 5) is 15.4. The van der Waals surface area contributed by atoms with Crippen LogP contribution in [0.4, 0.5) is 0 Å². The highest BCUT2D eigenvalue weighted by Gasteiger charge is 2.21. The molecular formula is C14H22BrNOS. The largest absolute Gasteiger partial charge is 0.335 e. The molecule has 1 heterocycles. The van der Waals surface area contributed by atoms with Gasteiger partial charge in [0.15, 0.2) is 0 Å². The van der Waals surface area contributed by atoms with Gasteiger partial charge in [-0.3, -0.25) is 4.79 Å². The number of carbonyl (C=O) groups is 1. The number of carbonyl (C=O) groups excluding carboxylic acids is 1. The summed E-state index contributed by atoms with van der Waals surface area (Å²) in [6, 6.07) is 2.29. The number of hydrogen-bond acceptors (Lipinski definition) is 2. The minimum atomic E-state index is 0.177. The van der Waals surface area contributed by atoms with E-state index in [-0.39, 0.29) is 5.91 Å². The Bertz CT molecular complexity index is 383. The van der Waals surface area contributed by atoms with Gasteiger partial charge in [-0.05, 0) is 54.2 Å². The molecule has 0 aliphatic carbocycles. The van der Waals surface area contributed by atoms with E-state index in [0.717, 1.165) is 40.0 Å². The Hall–Kier alpha value is -0.350. The van der Waals surface area contributed by atoms with Crippen LogP contribution in [-0.4, -0.2) is 23.4 Å². The summed E-state index contributed by atoms with van der Waals surface area (Å²) in [5.41, 5.74) is 1.14. The number of amides is 1. The molecular weight excluding hydrogens is 310 g/mol. The molecule has 1 amide bonds. The van der Waals surface area contributed by atoms with Crippen LogP contribution in [0.5, 0.6) is 0 Å². The van der Waals surface area contributed by atoms with Crippen molar-refractivity contribution >= 4 is 33.2 Å². The Kier molecular flexibility index (Phi) is 6.36. The van der Waals surface area contributed by atoms with Gasteiger partial charge in [0.05, 0.1) is 8.66 Å². The maximum atomic E-state index is 12.5. The number of rotatable bonds is 6. The standard InChI is InChI=1S/C14H22BrNOS/c1-5-7-8-16(11(4)6-2)14(17)12-9-10(3)13(15)18-12/h9,11H,5-8H2,1-4H3. The van der Waals surface area contributed by atoms with Crippen molar-refractivity contribution in [1.29, 1.82) is 0 Å². The second kappa shape index (κ2) is 7.29. The molecule has 0 fully saturated rings. The maximum Gasteiger partial charge on any atom is 0.264 e. The van der Waals surface area contributed by atoms with Crippen LogP contribution in [0.15, 0.2) is 9.85 Å². The van der Waals surface area contributed by atoms with E-state index in [1.807, 2.05) is 17.9 Å². The zero-order chi connectivity index (χ0) is 13.7. The van der Waals surface area contributed by atoms with Crippen molar-refractivity contribution < 1.29 is 4.79 Å². The Morgan fingerprint density at radius 1 is 1.50 bits per heavy atom. The lowest BCUT2D eigenvalue weighted by molar-refractivity contribution is 0.0690. The Morgan fingerprint density at radius 2 is 2.17 bits per heavy atom. The molecule has 0 radical (unpaired) electrons. The third-order valence-corrected chi connectivity index (χ3v) is 5.33. The highest BCUT2D eigenvalue weighted by Crippen LogP contribution is 2.28. The first-order valence-corrected chi connectivity index (χ1v) is 8.19. The molecule has 0 spiro atoms. The second-order valence-electron chi connectivity index (χ2n) is 4.68. The van der Waals surface area contributed by atoms with Crippen LogP contribution in [0.3, 0.4) is 0 Å². The van der Waals surface area contributed by atoms with Crippen molar-refractivity contribution in [3.8, 4) is 0 Å². The van der Waals surface area contributed by atoms with Crippen molar-refractivity contribution in [1.82, 2.24) is 4.90 Å². The lowest BCUT2D eigenvalue weighted by Gasteiger charge is -2.28. The van der Waals surface area contributed by atoms with E-state index in [2.05, 4.69) is 36.7 Å². The van der Waals surface area contributed by atoms with Crippen molar-refractivity contribution in [3.05, 3.63) is 20.3 Å².